The van der Waals surface area contributed by atoms with Gasteiger partial charge in [0.15, 0.2) is 5.78 Å². The molecule has 1 aromatic carbocycles. The van der Waals surface area contributed by atoms with E-state index in [9.17, 15) is 4.79 Å². The number of hydrogen-bond acceptors (Lipinski definition) is 2. The molecule has 18 heavy (non-hydrogen) atoms. The van der Waals surface area contributed by atoms with Crippen molar-refractivity contribution in [2.45, 2.75) is 50.9 Å². The maximum absolute atomic E-state index is 12.0. The summed E-state index contributed by atoms with van der Waals surface area (Å²) in [5.74, 6) is 0.0254. The average Bonchev–Trinajstić information content (AvgIpc) is 2.35. The molecule has 2 nitrogen and oxygen atoms in total. The number of Topliss-reactive ketones (excluding diaryl/α,β-unsaturated/α-hetero) is 1. The predicted octanol–water partition coefficient (Wildman–Crippen LogP) is 3.56. The van der Waals surface area contributed by atoms with Crippen LogP contribution in [0.2, 0.25) is 0 Å². The van der Waals surface area contributed by atoms with E-state index in [0.29, 0.717) is 5.56 Å². The normalized spacial score (nSPS) is 14.2. The van der Waals surface area contributed by atoms with Gasteiger partial charge in [-0.25, -0.2) is 0 Å². The maximum Gasteiger partial charge on any atom is 0.180 e. The van der Waals surface area contributed by atoms with Crippen molar-refractivity contribution in [2.24, 2.45) is 5.73 Å². The number of unbranched alkanes of at least 4 members (excludes halogenated alkanes) is 1. The Morgan fingerprint density at radius 2 is 1.94 bits per heavy atom. The first kappa shape index (κ1) is 15.2. The number of halogens is 1. The van der Waals surface area contributed by atoms with Gasteiger partial charge < -0.3 is 5.73 Å². The lowest BCUT2D eigenvalue weighted by atomic mass is 10.0. The lowest BCUT2D eigenvalue weighted by molar-refractivity contribution is 0.0983. The van der Waals surface area contributed by atoms with Gasteiger partial charge in [0.05, 0.1) is 5.38 Å². The Morgan fingerprint density at radius 3 is 2.44 bits per heavy atom. The molecule has 0 saturated heterocycles. The van der Waals surface area contributed by atoms with Crippen molar-refractivity contribution in [3.05, 3.63) is 35.4 Å². The van der Waals surface area contributed by atoms with Crippen LogP contribution in [0.4, 0.5) is 0 Å². The fourth-order valence-electron chi connectivity index (χ4n) is 1.87. The SMILES string of the molecule is CCCCC(Cl)C(=O)c1ccc(CC(C)N)cc1. The molecule has 0 bridgehead atoms. The molecule has 0 aliphatic heterocycles. The quantitative estimate of drug-likeness (QED) is 0.606. The maximum atomic E-state index is 12.0. The van der Waals surface area contributed by atoms with E-state index >= 15 is 0 Å². The molecule has 0 heterocycles. The second-order valence-corrected chi connectivity index (χ2v) is 5.38. The van der Waals surface area contributed by atoms with Crippen LogP contribution in [-0.4, -0.2) is 17.2 Å². The summed E-state index contributed by atoms with van der Waals surface area (Å²) in [6.45, 7) is 4.06. The molecule has 0 aliphatic rings. The molecule has 100 valence electrons. The van der Waals surface area contributed by atoms with Gasteiger partial charge in [0, 0.05) is 11.6 Å². The zero-order valence-corrected chi connectivity index (χ0v) is 11.9. The zero-order chi connectivity index (χ0) is 13.5. The highest BCUT2D eigenvalue weighted by Gasteiger charge is 2.16. The van der Waals surface area contributed by atoms with Crippen LogP contribution < -0.4 is 5.73 Å². The highest BCUT2D eigenvalue weighted by atomic mass is 35.5. The molecule has 3 heteroatoms. The van der Waals surface area contributed by atoms with Crippen molar-refractivity contribution in [1.82, 2.24) is 0 Å². The van der Waals surface area contributed by atoms with Crippen LogP contribution >= 0.6 is 11.6 Å². The van der Waals surface area contributed by atoms with E-state index < -0.39 is 5.38 Å². The number of alkyl halides is 1. The van der Waals surface area contributed by atoms with Gasteiger partial charge in [0.2, 0.25) is 0 Å². The highest BCUT2D eigenvalue weighted by molar-refractivity contribution is 6.33. The molecule has 1 rings (SSSR count). The molecular formula is C15H22ClNO. The van der Waals surface area contributed by atoms with Crippen LogP contribution in [0.3, 0.4) is 0 Å². The second-order valence-electron chi connectivity index (χ2n) is 4.85. The van der Waals surface area contributed by atoms with Crippen molar-refractivity contribution in [3.63, 3.8) is 0 Å². The van der Waals surface area contributed by atoms with Crippen molar-refractivity contribution in [1.29, 1.82) is 0 Å². The van der Waals surface area contributed by atoms with E-state index in [0.717, 1.165) is 31.2 Å². The number of carbonyl (C=O) groups excluding carboxylic acids is 1. The van der Waals surface area contributed by atoms with E-state index in [4.69, 9.17) is 17.3 Å². The predicted molar refractivity (Wildman–Crippen MR) is 77.3 cm³/mol. The van der Waals surface area contributed by atoms with Crippen molar-refractivity contribution >= 4 is 17.4 Å². The Hall–Kier alpha value is -0.860. The van der Waals surface area contributed by atoms with Gasteiger partial charge in [-0.2, -0.15) is 0 Å². The molecule has 2 unspecified atom stereocenters. The third-order valence-corrected chi connectivity index (χ3v) is 3.31. The molecule has 1 aromatic rings. The monoisotopic (exact) mass is 267 g/mol. The van der Waals surface area contributed by atoms with Crippen LogP contribution in [0.25, 0.3) is 0 Å². The molecular weight excluding hydrogens is 246 g/mol. The lowest BCUT2D eigenvalue weighted by Gasteiger charge is -2.09. The Balaban J connectivity index is 2.63. The van der Waals surface area contributed by atoms with E-state index in [-0.39, 0.29) is 11.8 Å². The molecule has 0 aromatic heterocycles. The fraction of sp³-hybridized carbons (Fsp3) is 0.533. The highest BCUT2D eigenvalue weighted by Crippen LogP contribution is 2.15. The fourth-order valence-corrected chi connectivity index (χ4v) is 2.15. The number of benzene rings is 1. The summed E-state index contributed by atoms with van der Waals surface area (Å²) in [6, 6.07) is 7.75. The molecule has 0 fully saturated rings. The number of carbonyl (C=O) groups is 1. The van der Waals surface area contributed by atoms with E-state index in [1.54, 1.807) is 0 Å². The minimum Gasteiger partial charge on any atom is -0.328 e. The molecule has 0 saturated carbocycles. The topological polar surface area (TPSA) is 43.1 Å². The summed E-state index contributed by atoms with van der Waals surface area (Å²) in [5, 5.41) is -0.399. The lowest BCUT2D eigenvalue weighted by Crippen LogP contribution is -2.18. The zero-order valence-electron chi connectivity index (χ0n) is 11.2. The Labute approximate surface area is 115 Å². The van der Waals surface area contributed by atoms with E-state index in [1.807, 2.05) is 31.2 Å². The van der Waals surface area contributed by atoms with Gasteiger partial charge in [0.1, 0.15) is 0 Å². The van der Waals surface area contributed by atoms with E-state index in [2.05, 4.69) is 6.92 Å². The van der Waals surface area contributed by atoms with Gasteiger partial charge in [-0.05, 0) is 25.3 Å². The first-order valence-corrected chi connectivity index (χ1v) is 7.01. The number of ketones is 1. The Kier molecular flexibility index (Phi) is 6.37. The number of nitrogens with two attached hydrogens (primary N) is 1. The summed E-state index contributed by atoms with van der Waals surface area (Å²) in [6.07, 6.45) is 3.62. The summed E-state index contributed by atoms with van der Waals surface area (Å²) >= 11 is 6.10. The van der Waals surface area contributed by atoms with Crippen LogP contribution in [-0.2, 0) is 6.42 Å². The van der Waals surface area contributed by atoms with Crippen molar-refractivity contribution in [2.75, 3.05) is 0 Å². The third kappa shape index (κ3) is 4.79. The first-order chi connectivity index (χ1) is 8.54. The minimum absolute atomic E-state index is 0.0254. The standard InChI is InChI=1S/C15H22ClNO/c1-3-4-5-14(16)15(18)13-8-6-12(7-9-13)10-11(2)17/h6-9,11,14H,3-5,10,17H2,1-2H3. The second kappa shape index (κ2) is 7.55. The smallest absolute Gasteiger partial charge is 0.180 e. The molecule has 0 spiro atoms. The van der Waals surface area contributed by atoms with Gasteiger partial charge in [-0.1, -0.05) is 44.0 Å². The molecule has 0 amide bonds. The summed E-state index contributed by atoms with van der Waals surface area (Å²) < 4.78 is 0. The number of hydrogen-bond donors (Lipinski definition) is 1. The van der Waals surface area contributed by atoms with Crippen molar-refractivity contribution < 1.29 is 4.79 Å². The van der Waals surface area contributed by atoms with Gasteiger partial charge in [-0.3, -0.25) is 4.79 Å². The summed E-state index contributed by atoms with van der Waals surface area (Å²) in [4.78, 5) is 12.0. The first-order valence-electron chi connectivity index (χ1n) is 6.57. The summed E-state index contributed by atoms with van der Waals surface area (Å²) in [7, 11) is 0. The molecule has 0 aliphatic carbocycles. The average molecular weight is 268 g/mol. The van der Waals surface area contributed by atoms with Crippen LogP contribution in [0.1, 0.15) is 49.0 Å². The molecule has 2 N–H and O–H groups in total. The Bertz CT molecular complexity index is 373. The van der Waals surface area contributed by atoms with Gasteiger partial charge >= 0.3 is 0 Å². The summed E-state index contributed by atoms with van der Waals surface area (Å²) in [5.41, 5.74) is 7.59. The Morgan fingerprint density at radius 1 is 1.33 bits per heavy atom. The van der Waals surface area contributed by atoms with Gasteiger partial charge in [-0.15, -0.1) is 11.6 Å². The van der Waals surface area contributed by atoms with Crippen LogP contribution in [0.5, 0.6) is 0 Å². The van der Waals surface area contributed by atoms with Crippen molar-refractivity contribution in [3.8, 4) is 0 Å². The minimum atomic E-state index is -0.399. The third-order valence-electron chi connectivity index (χ3n) is 2.89. The van der Waals surface area contributed by atoms with E-state index in [1.165, 1.54) is 0 Å². The number of rotatable bonds is 7. The van der Waals surface area contributed by atoms with Crippen LogP contribution in [0, 0.1) is 0 Å². The largest absolute Gasteiger partial charge is 0.328 e. The van der Waals surface area contributed by atoms with Crippen LogP contribution in [0.15, 0.2) is 24.3 Å². The molecule has 0 radical (unpaired) electrons. The van der Waals surface area contributed by atoms with Gasteiger partial charge in [0.25, 0.3) is 0 Å². The molecule has 2 atom stereocenters.